The van der Waals surface area contributed by atoms with E-state index in [0.717, 1.165) is 24.4 Å². The van der Waals surface area contributed by atoms with E-state index >= 15 is 0 Å². The van der Waals surface area contributed by atoms with Gasteiger partial charge in [0.05, 0.1) is 31.5 Å². The monoisotopic (exact) mass is 290 g/mol. The Bertz CT molecular complexity index is 521. The van der Waals surface area contributed by atoms with E-state index in [2.05, 4.69) is 33.8 Å². The van der Waals surface area contributed by atoms with Crippen LogP contribution in [0.1, 0.15) is 39.2 Å². The highest BCUT2D eigenvalue weighted by Crippen LogP contribution is 2.37. The molecule has 1 aromatic carbocycles. The molecule has 2 aliphatic heterocycles. The predicted octanol–water partition coefficient (Wildman–Crippen LogP) is 2.11. The van der Waals surface area contributed by atoms with E-state index < -0.39 is 0 Å². The molecule has 2 heterocycles. The molecule has 2 fully saturated rings. The van der Waals surface area contributed by atoms with E-state index in [0.29, 0.717) is 5.92 Å². The average molecular weight is 290 g/mol. The summed E-state index contributed by atoms with van der Waals surface area (Å²) in [5, 5.41) is 0. The van der Waals surface area contributed by atoms with Crippen molar-refractivity contribution in [1.29, 1.82) is 0 Å². The van der Waals surface area contributed by atoms with Crippen LogP contribution in [0.15, 0.2) is 18.2 Å². The van der Waals surface area contributed by atoms with Gasteiger partial charge in [-0.1, -0.05) is 6.07 Å². The van der Waals surface area contributed by atoms with Gasteiger partial charge in [0, 0.05) is 5.92 Å². The number of ether oxygens (including phenoxy) is 2. The molecule has 0 aliphatic carbocycles. The fourth-order valence-electron chi connectivity index (χ4n) is 2.64. The molecule has 0 aromatic heterocycles. The lowest BCUT2D eigenvalue weighted by atomic mass is 9.72. The van der Waals surface area contributed by atoms with Crippen molar-refractivity contribution < 1.29 is 18.8 Å². The van der Waals surface area contributed by atoms with Gasteiger partial charge in [0.15, 0.2) is 0 Å². The first kappa shape index (κ1) is 14.9. The molecule has 2 saturated heterocycles. The van der Waals surface area contributed by atoms with E-state index in [1.165, 1.54) is 5.56 Å². The summed E-state index contributed by atoms with van der Waals surface area (Å²) < 4.78 is 23.1. The van der Waals surface area contributed by atoms with Crippen molar-refractivity contribution in [2.24, 2.45) is 0 Å². The average Bonchev–Trinajstić information content (AvgIpc) is 2.57. The van der Waals surface area contributed by atoms with Crippen LogP contribution >= 0.6 is 0 Å². The second-order valence-corrected chi connectivity index (χ2v) is 6.82. The smallest absolute Gasteiger partial charge is 0.495 e. The minimum Gasteiger partial charge on any atom is -0.497 e. The Balaban J connectivity index is 1.97. The zero-order valence-electron chi connectivity index (χ0n) is 13.4. The largest absolute Gasteiger partial charge is 0.497 e. The van der Waals surface area contributed by atoms with Gasteiger partial charge in [-0.15, -0.1) is 0 Å². The van der Waals surface area contributed by atoms with Gasteiger partial charge in [0.2, 0.25) is 0 Å². The van der Waals surface area contributed by atoms with Gasteiger partial charge in [0.25, 0.3) is 0 Å². The summed E-state index contributed by atoms with van der Waals surface area (Å²) in [6.45, 7) is 9.80. The van der Waals surface area contributed by atoms with Crippen LogP contribution in [0, 0.1) is 0 Å². The van der Waals surface area contributed by atoms with Crippen LogP contribution in [0.3, 0.4) is 0 Å². The lowest BCUT2D eigenvalue weighted by Crippen LogP contribution is -2.41. The third-order valence-electron chi connectivity index (χ3n) is 4.88. The van der Waals surface area contributed by atoms with Crippen LogP contribution in [0.4, 0.5) is 0 Å². The molecule has 114 valence electrons. The van der Waals surface area contributed by atoms with Crippen LogP contribution in [0.2, 0.25) is 0 Å². The third kappa shape index (κ3) is 2.47. The van der Waals surface area contributed by atoms with E-state index in [4.69, 9.17) is 18.8 Å². The van der Waals surface area contributed by atoms with Gasteiger partial charge in [-0.3, -0.25) is 0 Å². The molecule has 2 aliphatic rings. The Morgan fingerprint density at radius 2 is 1.71 bits per heavy atom. The number of hydrogen-bond acceptors (Lipinski definition) is 4. The lowest BCUT2D eigenvalue weighted by molar-refractivity contribution is 0.00578. The highest BCUT2D eigenvalue weighted by Gasteiger charge is 2.52. The number of hydrogen-bond donors (Lipinski definition) is 0. The first-order valence-corrected chi connectivity index (χ1v) is 7.45. The molecule has 21 heavy (non-hydrogen) atoms. The van der Waals surface area contributed by atoms with Gasteiger partial charge in [-0.25, -0.2) is 0 Å². The van der Waals surface area contributed by atoms with E-state index in [9.17, 15) is 0 Å². The van der Waals surface area contributed by atoms with Gasteiger partial charge in [-0.2, -0.15) is 0 Å². The zero-order chi connectivity index (χ0) is 15.3. The summed E-state index contributed by atoms with van der Waals surface area (Å²) in [4.78, 5) is 0. The summed E-state index contributed by atoms with van der Waals surface area (Å²) in [7, 11) is 1.32. The van der Waals surface area contributed by atoms with Crippen molar-refractivity contribution in [2.75, 3.05) is 20.3 Å². The summed E-state index contributed by atoms with van der Waals surface area (Å²) in [6.07, 6.45) is 0. The maximum absolute atomic E-state index is 6.19. The summed E-state index contributed by atoms with van der Waals surface area (Å²) in [6, 6.07) is 6.12. The summed E-state index contributed by atoms with van der Waals surface area (Å²) >= 11 is 0. The summed E-state index contributed by atoms with van der Waals surface area (Å²) in [5.74, 6) is 1.24. The van der Waals surface area contributed by atoms with Crippen LogP contribution in [0.5, 0.6) is 5.75 Å². The number of methoxy groups -OCH3 is 1. The SMILES string of the molecule is COc1ccc(C2COC2)c(B2OC(C)(C)C(C)(C)O2)c1. The van der Waals surface area contributed by atoms with E-state index in [1.807, 2.05) is 12.1 Å². The molecular weight excluding hydrogens is 267 g/mol. The Hall–Kier alpha value is -1.04. The second-order valence-electron chi connectivity index (χ2n) is 6.82. The molecule has 5 heteroatoms. The Morgan fingerprint density at radius 3 is 2.19 bits per heavy atom. The minimum atomic E-state index is -0.360. The highest BCUT2D eigenvalue weighted by atomic mass is 16.7. The van der Waals surface area contributed by atoms with Crippen LogP contribution < -0.4 is 10.2 Å². The normalized spacial score (nSPS) is 24.0. The molecular formula is C16H23BO4. The Kier molecular flexibility index (Phi) is 3.55. The second kappa shape index (κ2) is 5.01. The van der Waals surface area contributed by atoms with Crippen LogP contribution in [0.25, 0.3) is 0 Å². The van der Waals surface area contributed by atoms with Gasteiger partial charge in [-0.05, 0) is 50.9 Å². The molecule has 1 aromatic rings. The number of rotatable bonds is 3. The summed E-state index contributed by atoms with van der Waals surface area (Å²) in [5.41, 5.74) is 1.62. The van der Waals surface area contributed by atoms with Crippen LogP contribution in [-0.2, 0) is 14.0 Å². The topological polar surface area (TPSA) is 36.9 Å². The predicted molar refractivity (Wildman–Crippen MR) is 82.3 cm³/mol. The molecule has 3 rings (SSSR count). The molecule has 0 saturated carbocycles. The molecule has 0 spiro atoms. The van der Waals surface area contributed by atoms with Gasteiger partial charge < -0.3 is 18.8 Å². The van der Waals surface area contributed by atoms with E-state index in [1.54, 1.807) is 7.11 Å². The molecule has 0 N–H and O–H groups in total. The lowest BCUT2D eigenvalue weighted by Gasteiger charge is -2.32. The number of benzene rings is 1. The third-order valence-corrected chi connectivity index (χ3v) is 4.88. The molecule has 0 bridgehead atoms. The van der Waals surface area contributed by atoms with Crippen molar-refractivity contribution in [3.05, 3.63) is 23.8 Å². The zero-order valence-corrected chi connectivity index (χ0v) is 13.4. The highest BCUT2D eigenvalue weighted by molar-refractivity contribution is 6.62. The van der Waals surface area contributed by atoms with Gasteiger partial charge in [0.1, 0.15) is 5.75 Å². The molecule has 0 atom stereocenters. The van der Waals surface area contributed by atoms with Crippen LogP contribution in [-0.4, -0.2) is 38.6 Å². The van der Waals surface area contributed by atoms with Gasteiger partial charge >= 0.3 is 7.12 Å². The molecule has 0 amide bonds. The minimum absolute atomic E-state index is 0.339. The molecule has 0 unspecified atom stereocenters. The maximum Gasteiger partial charge on any atom is 0.495 e. The van der Waals surface area contributed by atoms with E-state index in [-0.39, 0.29) is 18.3 Å². The van der Waals surface area contributed by atoms with Crippen molar-refractivity contribution in [3.8, 4) is 5.75 Å². The van der Waals surface area contributed by atoms with Crippen molar-refractivity contribution >= 4 is 12.6 Å². The molecule has 4 nitrogen and oxygen atoms in total. The Morgan fingerprint density at radius 1 is 1.10 bits per heavy atom. The quantitative estimate of drug-likeness (QED) is 0.799. The van der Waals surface area contributed by atoms with Crippen molar-refractivity contribution in [1.82, 2.24) is 0 Å². The standard InChI is InChI=1S/C16H23BO4/c1-15(2)16(3,4)21-17(20-15)14-8-12(18-5)6-7-13(14)11-9-19-10-11/h6-8,11H,9-10H2,1-5H3. The first-order chi connectivity index (χ1) is 9.84. The maximum atomic E-state index is 6.19. The molecule has 0 radical (unpaired) electrons. The van der Waals surface area contributed by atoms with Crippen molar-refractivity contribution in [3.63, 3.8) is 0 Å². The Labute approximate surface area is 126 Å². The fourth-order valence-corrected chi connectivity index (χ4v) is 2.64. The van der Waals surface area contributed by atoms with Crippen molar-refractivity contribution in [2.45, 2.75) is 44.8 Å². The first-order valence-electron chi connectivity index (χ1n) is 7.45. The fraction of sp³-hybridized carbons (Fsp3) is 0.625.